The molecule has 1 unspecified atom stereocenters. The molecule has 0 bridgehead atoms. The van der Waals surface area contributed by atoms with Gasteiger partial charge in [0.25, 0.3) is 0 Å². The zero-order valence-electron chi connectivity index (χ0n) is 16.5. The van der Waals surface area contributed by atoms with Crippen LogP contribution in [0.15, 0.2) is 24.5 Å². The number of anilines is 3. The van der Waals surface area contributed by atoms with Crippen LogP contribution in [0.5, 0.6) is 0 Å². The Hall–Kier alpha value is -2.58. The summed E-state index contributed by atoms with van der Waals surface area (Å²) in [5.74, 6) is 1.00. The Kier molecular flexibility index (Phi) is 5.62. The van der Waals surface area contributed by atoms with Crippen LogP contribution in [0.1, 0.15) is 32.8 Å². The van der Waals surface area contributed by atoms with Crippen LogP contribution in [0, 0.1) is 0 Å². The first-order chi connectivity index (χ1) is 13.2. The van der Waals surface area contributed by atoms with Gasteiger partial charge >= 0.3 is 0 Å². The molecule has 3 rings (SSSR count). The molecule has 2 aromatic heterocycles. The van der Waals surface area contributed by atoms with E-state index in [0.29, 0.717) is 40.2 Å². The largest absolute Gasteiger partial charge is 0.397 e. The van der Waals surface area contributed by atoms with Gasteiger partial charge in [0.2, 0.25) is 5.95 Å². The fourth-order valence-corrected chi connectivity index (χ4v) is 3.24. The third-order valence-electron chi connectivity index (χ3n) is 4.71. The van der Waals surface area contributed by atoms with Crippen molar-refractivity contribution in [2.24, 2.45) is 7.05 Å². The summed E-state index contributed by atoms with van der Waals surface area (Å²) in [4.78, 5) is 13.6. The summed E-state index contributed by atoms with van der Waals surface area (Å²) >= 11 is 6.11. The number of imidazole rings is 1. The first-order valence-electron chi connectivity index (χ1n) is 9.15. The minimum absolute atomic E-state index is 0.199. The normalized spacial score (nSPS) is 12.9. The van der Waals surface area contributed by atoms with Gasteiger partial charge in [0.15, 0.2) is 17.0 Å². The van der Waals surface area contributed by atoms with Crippen molar-refractivity contribution in [2.45, 2.75) is 45.4 Å². The number of rotatable bonds is 7. The highest BCUT2D eigenvalue weighted by atomic mass is 35.5. The fourth-order valence-electron chi connectivity index (χ4n) is 3.04. The van der Waals surface area contributed by atoms with E-state index in [1.54, 1.807) is 26.2 Å². The molecule has 0 fully saturated rings. The van der Waals surface area contributed by atoms with Gasteiger partial charge in [-0.15, -0.1) is 0 Å². The van der Waals surface area contributed by atoms with Crippen LogP contribution >= 0.6 is 11.6 Å². The summed E-state index contributed by atoms with van der Waals surface area (Å²) in [6.45, 7) is 5.96. The fraction of sp³-hybridized carbons (Fsp3) is 0.421. The number of hydrogen-bond donors (Lipinski definition) is 4. The summed E-state index contributed by atoms with van der Waals surface area (Å²) in [5, 5.41) is 17.4. The zero-order valence-corrected chi connectivity index (χ0v) is 17.2. The lowest BCUT2D eigenvalue weighted by Crippen LogP contribution is -2.41. The Morgan fingerprint density at radius 1 is 1.32 bits per heavy atom. The lowest BCUT2D eigenvalue weighted by Gasteiger charge is -2.29. The van der Waals surface area contributed by atoms with Crippen molar-refractivity contribution in [3.8, 4) is 0 Å². The summed E-state index contributed by atoms with van der Waals surface area (Å²) in [6.07, 6.45) is 2.41. The third-order valence-corrected chi connectivity index (χ3v) is 5.04. The molecule has 0 aliphatic carbocycles. The van der Waals surface area contributed by atoms with Crippen LogP contribution in [0.4, 0.5) is 17.5 Å². The maximum atomic E-state index is 10.4. The molecule has 0 radical (unpaired) electrons. The number of para-hydroxylation sites is 1. The topological polar surface area (TPSA) is 114 Å². The van der Waals surface area contributed by atoms with Crippen LogP contribution in [0.25, 0.3) is 11.2 Å². The summed E-state index contributed by atoms with van der Waals surface area (Å²) in [6, 6.07) is 5.32. The van der Waals surface area contributed by atoms with Gasteiger partial charge in [-0.25, -0.2) is 4.98 Å². The Morgan fingerprint density at radius 3 is 2.75 bits per heavy atom. The van der Waals surface area contributed by atoms with Gasteiger partial charge in [-0.2, -0.15) is 9.97 Å². The van der Waals surface area contributed by atoms with E-state index in [1.807, 2.05) is 30.7 Å². The molecular weight excluding hydrogens is 378 g/mol. The highest BCUT2D eigenvalue weighted by molar-refractivity contribution is 6.33. The number of nitrogens with zero attached hydrogens (tertiary/aromatic N) is 4. The van der Waals surface area contributed by atoms with Gasteiger partial charge in [0, 0.05) is 13.6 Å². The highest BCUT2D eigenvalue weighted by Gasteiger charge is 2.26. The van der Waals surface area contributed by atoms with Crippen LogP contribution in [0.2, 0.25) is 5.02 Å². The Labute approximate surface area is 169 Å². The smallest absolute Gasteiger partial charge is 0.227 e. The number of aryl methyl sites for hydroxylation is 1. The minimum atomic E-state index is -0.914. The molecule has 9 heteroatoms. The zero-order chi connectivity index (χ0) is 20.5. The van der Waals surface area contributed by atoms with Gasteiger partial charge in [-0.1, -0.05) is 30.7 Å². The van der Waals surface area contributed by atoms with E-state index in [-0.39, 0.29) is 6.04 Å². The first kappa shape index (κ1) is 20.2. The number of nitrogens with one attached hydrogen (secondary N) is 2. The predicted molar refractivity (Wildman–Crippen MR) is 113 cm³/mol. The molecule has 8 nitrogen and oxygen atoms in total. The molecule has 0 saturated carbocycles. The number of hydrogen-bond acceptors (Lipinski definition) is 7. The molecular formula is C19H26ClN7O. The Morgan fingerprint density at radius 2 is 2.07 bits per heavy atom. The van der Waals surface area contributed by atoms with Crippen molar-refractivity contribution in [1.29, 1.82) is 0 Å². The molecule has 0 aliphatic rings. The van der Waals surface area contributed by atoms with E-state index in [0.717, 1.165) is 12.0 Å². The van der Waals surface area contributed by atoms with Crippen LogP contribution in [0.3, 0.4) is 0 Å². The highest BCUT2D eigenvalue weighted by Crippen LogP contribution is 2.26. The number of fused-ring (bicyclic) bond motifs is 1. The number of nitrogen functional groups attached to an aromatic ring is 1. The Balaban J connectivity index is 1.93. The molecule has 2 heterocycles. The van der Waals surface area contributed by atoms with Crippen LogP contribution < -0.4 is 16.4 Å². The quantitative estimate of drug-likeness (QED) is 0.448. The van der Waals surface area contributed by atoms with Gasteiger partial charge in [0.05, 0.1) is 28.7 Å². The third kappa shape index (κ3) is 4.13. The molecule has 0 amide bonds. The monoisotopic (exact) mass is 403 g/mol. The molecule has 5 N–H and O–H groups in total. The second kappa shape index (κ2) is 7.81. The Bertz CT molecular complexity index is 980. The summed E-state index contributed by atoms with van der Waals surface area (Å²) in [5.41, 5.74) is 7.89. The van der Waals surface area contributed by atoms with E-state index in [2.05, 4.69) is 25.6 Å². The number of nitrogens with two attached hydrogens (primary N) is 1. The maximum Gasteiger partial charge on any atom is 0.227 e. The lowest BCUT2D eigenvalue weighted by molar-refractivity contribution is 0.0577. The van der Waals surface area contributed by atoms with Gasteiger partial charge < -0.3 is 26.0 Å². The standard InChI is InChI=1S/C19H26ClN7O/c1-5-13(19(2,3)28)24-18-25-16(15-17(26-18)27(4)10-23-15)22-9-11-7-6-8-12(20)14(11)21/h6-8,10,13,28H,5,9,21H2,1-4H3,(H2,22,24,25,26). The number of aliphatic hydroxyl groups is 1. The van der Waals surface area contributed by atoms with Crippen LogP contribution in [-0.4, -0.2) is 36.3 Å². The first-order valence-corrected chi connectivity index (χ1v) is 9.53. The molecule has 3 aromatic rings. The van der Waals surface area contributed by atoms with E-state index in [1.165, 1.54) is 0 Å². The van der Waals surface area contributed by atoms with Gasteiger partial charge in [0.1, 0.15) is 0 Å². The van der Waals surface area contributed by atoms with E-state index in [9.17, 15) is 5.11 Å². The summed E-state index contributed by atoms with van der Waals surface area (Å²) < 4.78 is 1.83. The van der Waals surface area contributed by atoms with Crippen molar-refractivity contribution in [3.05, 3.63) is 35.1 Å². The SMILES string of the molecule is CCC(Nc1nc(NCc2cccc(Cl)c2N)c2ncn(C)c2n1)C(C)(C)O. The molecule has 0 aliphatic heterocycles. The predicted octanol–water partition coefficient (Wildman–Crippen LogP) is 3.17. The van der Waals surface area contributed by atoms with Crippen molar-refractivity contribution in [1.82, 2.24) is 19.5 Å². The molecule has 0 saturated heterocycles. The molecule has 1 aromatic carbocycles. The van der Waals surface area contributed by atoms with Gasteiger partial charge in [-0.3, -0.25) is 0 Å². The molecule has 28 heavy (non-hydrogen) atoms. The van der Waals surface area contributed by atoms with Crippen molar-refractivity contribution >= 4 is 40.2 Å². The van der Waals surface area contributed by atoms with Crippen molar-refractivity contribution in [3.63, 3.8) is 0 Å². The van der Waals surface area contributed by atoms with Crippen molar-refractivity contribution < 1.29 is 5.11 Å². The molecule has 0 spiro atoms. The van der Waals surface area contributed by atoms with E-state index >= 15 is 0 Å². The summed E-state index contributed by atoms with van der Waals surface area (Å²) in [7, 11) is 1.87. The number of benzene rings is 1. The second-order valence-electron chi connectivity index (χ2n) is 7.35. The van der Waals surface area contributed by atoms with Crippen LogP contribution in [-0.2, 0) is 13.6 Å². The van der Waals surface area contributed by atoms with Gasteiger partial charge in [-0.05, 0) is 31.9 Å². The minimum Gasteiger partial charge on any atom is -0.397 e. The average molecular weight is 404 g/mol. The van der Waals surface area contributed by atoms with E-state index < -0.39 is 5.60 Å². The lowest BCUT2D eigenvalue weighted by atomic mass is 9.97. The average Bonchev–Trinajstić information content (AvgIpc) is 3.01. The molecule has 1 atom stereocenters. The number of halogens is 1. The molecule has 150 valence electrons. The second-order valence-corrected chi connectivity index (χ2v) is 7.76. The number of aromatic nitrogens is 4. The van der Waals surface area contributed by atoms with Crippen molar-refractivity contribution in [2.75, 3.05) is 16.4 Å². The van der Waals surface area contributed by atoms with E-state index in [4.69, 9.17) is 17.3 Å². The maximum absolute atomic E-state index is 10.4.